The van der Waals surface area contributed by atoms with Gasteiger partial charge in [-0.15, -0.1) is 11.3 Å². The third-order valence-corrected chi connectivity index (χ3v) is 5.64. The third-order valence-electron chi connectivity index (χ3n) is 4.58. The molecule has 1 fully saturated rings. The van der Waals surface area contributed by atoms with Gasteiger partial charge in [-0.05, 0) is 26.0 Å². The molecule has 0 bridgehead atoms. The fraction of sp³-hybridized carbons (Fsp3) is 0.450. The molecule has 1 aromatic carbocycles. The molecule has 1 aliphatic heterocycles. The monoisotopic (exact) mass is 403 g/mol. The van der Waals surface area contributed by atoms with Gasteiger partial charge in [-0.25, -0.2) is 4.98 Å². The van der Waals surface area contributed by atoms with Gasteiger partial charge in [-0.3, -0.25) is 9.59 Å². The Balaban J connectivity index is 1.77. The molecular formula is C20H25N3O4S. The van der Waals surface area contributed by atoms with E-state index >= 15 is 0 Å². The second-order valence-corrected chi connectivity index (χ2v) is 7.90. The maximum Gasteiger partial charge on any atom is 0.266 e. The third kappa shape index (κ3) is 4.69. The van der Waals surface area contributed by atoms with Gasteiger partial charge in [0.05, 0.1) is 23.9 Å². The number of nitrogens with zero attached hydrogens (tertiary/aromatic N) is 2. The Morgan fingerprint density at radius 1 is 1.29 bits per heavy atom. The van der Waals surface area contributed by atoms with Gasteiger partial charge in [0, 0.05) is 20.1 Å². The van der Waals surface area contributed by atoms with E-state index in [1.54, 1.807) is 12.0 Å². The highest BCUT2D eigenvalue weighted by molar-refractivity contribution is 7.13. The van der Waals surface area contributed by atoms with E-state index in [4.69, 9.17) is 9.47 Å². The summed E-state index contributed by atoms with van der Waals surface area (Å²) in [5.41, 5.74) is 0.693. The van der Waals surface area contributed by atoms with E-state index in [-0.39, 0.29) is 17.9 Å². The Bertz CT molecular complexity index is 824. The smallest absolute Gasteiger partial charge is 0.266 e. The minimum atomic E-state index is -0.583. The molecule has 8 heteroatoms. The summed E-state index contributed by atoms with van der Waals surface area (Å²) in [4.78, 5) is 32.4. The molecule has 0 aliphatic carbocycles. The number of likely N-dealkylation sites (tertiary alicyclic amines) is 1. The van der Waals surface area contributed by atoms with Gasteiger partial charge in [0.1, 0.15) is 22.8 Å². The summed E-state index contributed by atoms with van der Waals surface area (Å²) in [7, 11) is 1.58. The van der Waals surface area contributed by atoms with Crippen molar-refractivity contribution in [3.63, 3.8) is 0 Å². The van der Waals surface area contributed by atoms with Crippen molar-refractivity contribution in [2.24, 2.45) is 0 Å². The lowest BCUT2D eigenvalue weighted by atomic mass is 10.1. The molecule has 0 saturated carbocycles. The van der Waals surface area contributed by atoms with E-state index in [0.717, 1.165) is 10.8 Å². The van der Waals surface area contributed by atoms with Gasteiger partial charge >= 0.3 is 0 Å². The van der Waals surface area contributed by atoms with Crippen molar-refractivity contribution in [1.29, 1.82) is 0 Å². The summed E-state index contributed by atoms with van der Waals surface area (Å²) < 4.78 is 11.0. The fourth-order valence-electron chi connectivity index (χ4n) is 3.30. The predicted octanol–water partition coefficient (Wildman–Crippen LogP) is 2.18. The number of aromatic nitrogens is 1. The maximum absolute atomic E-state index is 13.2. The molecule has 1 aliphatic rings. The molecule has 2 heterocycles. The van der Waals surface area contributed by atoms with Crippen LogP contribution in [0.15, 0.2) is 30.3 Å². The van der Waals surface area contributed by atoms with Gasteiger partial charge in [-0.1, -0.05) is 18.2 Å². The zero-order chi connectivity index (χ0) is 20.1. The number of thiazole rings is 1. The molecule has 2 unspecified atom stereocenters. The molecule has 150 valence electrons. The molecule has 3 rings (SSSR count). The van der Waals surface area contributed by atoms with E-state index < -0.39 is 6.04 Å². The number of nitrogens with one attached hydrogen (secondary N) is 1. The Labute approximate surface area is 168 Å². The van der Waals surface area contributed by atoms with Crippen LogP contribution in [0.4, 0.5) is 0 Å². The predicted molar refractivity (Wildman–Crippen MR) is 107 cm³/mol. The first-order chi connectivity index (χ1) is 13.5. The highest BCUT2D eigenvalue weighted by Gasteiger charge is 2.41. The van der Waals surface area contributed by atoms with Crippen LogP contribution in [0.3, 0.4) is 0 Å². The van der Waals surface area contributed by atoms with Gasteiger partial charge in [0.25, 0.3) is 5.91 Å². The number of hydrogen-bond donors (Lipinski definition) is 1. The van der Waals surface area contributed by atoms with Gasteiger partial charge in [0.15, 0.2) is 0 Å². The van der Waals surface area contributed by atoms with Crippen molar-refractivity contribution in [3.05, 3.63) is 45.9 Å². The van der Waals surface area contributed by atoms with E-state index in [1.165, 1.54) is 11.3 Å². The lowest BCUT2D eigenvalue weighted by Crippen LogP contribution is -2.46. The average Bonchev–Trinajstić information content (AvgIpc) is 3.25. The van der Waals surface area contributed by atoms with E-state index in [9.17, 15) is 9.59 Å². The molecule has 28 heavy (non-hydrogen) atoms. The summed E-state index contributed by atoms with van der Waals surface area (Å²) >= 11 is 1.35. The number of hydrogen-bond acceptors (Lipinski definition) is 6. The Hall–Kier alpha value is -2.45. The van der Waals surface area contributed by atoms with Crippen LogP contribution < -0.4 is 10.1 Å². The first-order valence-corrected chi connectivity index (χ1v) is 10.0. The van der Waals surface area contributed by atoms with Crippen molar-refractivity contribution in [2.45, 2.75) is 32.4 Å². The van der Waals surface area contributed by atoms with Crippen LogP contribution in [-0.4, -0.2) is 60.7 Å². The van der Waals surface area contributed by atoms with Crippen molar-refractivity contribution >= 4 is 23.2 Å². The van der Waals surface area contributed by atoms with Crippen LogP contribution >= 0.6 is 11.3 Å². The number of aryl methyl sites for hydroxylation is 2. The molecule has 1 aromatic heterocycles. The van der Waals surface area contributed by atoms with Gasteiger partial charge in [-0.2, -0.15) is 0 Å². The lowest BCUT2D eigenvalue weighted by molar-refractivity contribution is -0.125. The summed E-state index contributed by atoms with van der Waals surface area (Å²) in [5, 5.41) is 3.67. The Morgan fingerprint density at radius 2 is 2.04 bits per heavy atom. The molecular weight excluding hydrogens is 378 g/mol. The van der Waals surface area contributed by atoms with Crippen LogP contribution in [-0.2, 0) is 9.53 Å². The Morgan fingerprint density at radius 3 is 2.68 bits per heavy atom. The summed E-state index contributed by atoms with van der Waals surface area (Å²) in [6.07, 6.45) is 0.190. The van der Waals surface area contributed by atoms with Crippen LogP contribution in [0.1, 0.15) is 26.8 Å². The SMILES string of the molecule is COCCNC(=O)C1CC(Oc2ccccc2)CN1C(=O)c1sc(C)nc1C. The maximum atomic E-state index is 13.2. The minimum absolute atomic E-state index is 0.172. The highest BCUT2D eigenvalue weighted by atomic mass is 32.1. The minimum Gasteiger partial charge on any atom is -0.488 e. The van der Waals surface area contributed by atoms with E-state index in [1.807, 2.05) is 44.2 Å². The Kier molecular flexibility index (Phi) is 6.64. The van der Waals surface area contributed by atoms with Crippen LogP contribution in [0.25, 0.3) is 0 Å². The number of para-hydroxylation sites is 1. The van der Waals surface area contributed by atoms with Gasteiger partial charge in [0.2, 0.25) is 5.91 Å². The number of rotatable bonds is 7. The molecule has 1 N–H and O–H groups in total. The normalized spacial score (nSPS) is 18.9. The van der Waals surface area contributed by atoms with Crippen LogP contribution in [0.2, 0.25) is 0 Å². The van der Waals surface area contributed by atoms with Crippen LogP contribution in [0.5, 0.6) is 5.75 Å². The number of ether oxygens (including phenoxy) is 2. The number of carbonyl (C=O) groups is 2. The fourth-order valence-corrected chi connectivity index (χ4v) is 4.18. The summed E-state index contributed by atoms with van der Waals surface area (Å²) in [6.45, 7) is 4.86. The topological polar surface area (TPSA) is 80.8 Å². The zero-order valence-electron chi connectivity index (χ0n) is 16.3. The zero-order valence-corrected chi connectivity index (χ0v) is 17.1. The first-order valence-electron chi connectivity index (χ1n) is 9.23. The van der Waals surface area contributed by atoms with Gasteiger partial charge < -0.3 is 19.7 Å². The molecule has 1 saturated heterocycles. The second-order valence-electron chi connectivity index (χ2n) is 6.69. The van der Waals surface area contributed by atoms with Crippen LogP contribution in [0, 0.1) is 13.8 Å². The molecule has 0 spiro atoms. The molecule has 2 atom stereocenters. The van der Waals surface area contributed by atoms with E-state index in [0.29, 0.717) is 36.7 Å². The molecule has 2 amide bonds. The van der Waals surface area contributed by atoms with Crippen molar-refractivity contribution in [3.8, 4) is 5.75 Å². The first kappa shape index (κ1) is 20.3. The molecule has 7 nitrogen and oxygen atoms in total. The van der Waals surface area contributed by atoms with Crippen molar-refractivity contribution in [2.75, 3.05) is 26.8 Å². The standard InChI is InChI=1S/C20H25N3O4S/c1-13-18(28-14(2)22-13)20(25)23-12-16(27-15-7-5-4-6-8-15)11-17(23)19(24)21-9-10-26-3/h4-8,16-17H,9-12H2,1-3H3,(H,21,24). The second kappa shape index (κ2) is 9.16. The highest BCUT2D eigenvalue weighted by Crippen LogP contribution is 2.27. The molecule has 2 aromatic rings. The average molecular weight is 404 g/mol. The van der Waals surface area contributed by atoms with E-state index in [2.05, 4.69) is 10.3 Å². The summed E-state index contributed by atoms with van der Waals surface area (Å²) in [6, 6.07) is 8.86. The van der Waals surface area contributed by atoms with Crippen molar-refractivity contribution in [1.82, 2.24) is 15.2 Å². The quantitative estimate of drug-likeness (QED) is 0.717. The number of benzene rings is 1. The summed E-state index contributed by atoms with van der Waals surface area (Å²) in [5.74, 6) is 0.364. The number of amides is 2. The largest absolute Gasteiger partial charge is 0.488 e. The number of methoxy groups -OCH3 is 1. The number of carbonyl (C=O) groups excluding carboxylic acids is 2. The van der Waals surface area contributed by atoms with Crippen molar-refractivity contribution < 1.29 is 19.1 Å². The molecule has 0 radical (unpaired) electrons. The lowest BCUT2D eigenvalue weighted by Gasteiger charge is -2.23.